The van der Waals surface area contributed by atoms with Crippen LogP contribution >= 0.6 is 0 Å². The monoisotopic (exact) mass is 204 g/mol. The number of ether oxygens (including phenoxy) is 1. The SMILES string of the molecule is N#[N+]c1ccc(CC2COC(=O)N2)cc1. The summed E-state index contributed by atoms with van der Waals surface area (Å²) in [5.74, 6) is 0. The predicted octanol–water partition coefficient (Wildman–Crippen LogP) is 1.82. The van der Waals surface area contributed by atoms with Gasteiger partial charge in [-0.3, -0.25) is 0 Å². The van der Waals surface area contributed by atoms with Gasteiger partial charge in [0.15, 0.2) is 4.98 Å². The molecular formula is C10H10N3O2+. The topological polar surface area (TPSA) is 66.5 Å². The molecule has 1 heterocycles. The van der Waals surface area contributed by atoms with Crippen molar-refractivity contribution < 1.29 is 9.53 Å². The third-order valence-corrected chi connectivity index (χ3v) is 2.27. The van der Waals surface area contributed by atoms with Crippen molar-refractivity contribution in [3.05, 3.63) is 34.8 Å². The summed E-state index contributed by atoms with van der Waals surface area (Å²) in [6, 6.07) is 7.19. The zero-order chi connectivity index (χ0) is 10.7. The van der Waals surface area contributed by atoms with E-state index in [-0.39, 0.29) is 12.1 Å². The van der Waals surface area contributed by atoms with Crippen LogP contribution in [0.5, 0.6) is 0 Å². The van der Waals surface area contributed by atoms with Crippen LogP contribution < -0.4 is 5.32 Å². The van der Waals surface area contributed by atoms with Gasteiger partial charge in [-0.1, -0.05) is 12.1 Å². The molecule has 1 aliphatic rings. The van der Waals surface area contributed by atoms with Crippen molar-refractivity contribution in [2.24, 2.45) is 0 Å². The second-order valence-electron chi connectivity index (χ2n) is 3.41. The maximum atomic E-state index is 10.8. The van der Waals surface area contributed by atoms with E-state index in [0.29, 0.717) is 12.3 Å². The molecule has 0 aliphatic carbocycles. The number of alkyl carbamates (subject to hydrolysis) is 1. The van der Waals surface area contributed by atoms with E-state index in [4.69, 9.17) is 10.1 Å². The number of carbonyl (C=O) groups is 1. The van der Waals surface area contributed by atoms with Crippen molar-refractivity contribution in [3.8, 4) is 0 Å². The second kappa shape index (κ2) is 3.96. The number of benzene rings is 1. The Morgan fingerprint density at radius 2 is 2.20 bits per heavy atom. The molecule has 1 fully saturated rings. The molecule has 5 nitrogen and oxygen atoms in total. The summed E-state index contributed by atoms with van der Waals surface area (Å²) >= 11 is 0. The van der Waals surface area contributed by atoms with Gasteiger partial charge in [0.05, 0.1) is 6.04 Å². The van der Waals surface area contributed by atoms with Crippen LogP contribution in [-0.2, 0) is 11.2 Å². The molecular weight excluding hydrogens is 194 g/mol. The molecule has 0 radical (unpaired) electrons. The van der Waals surface area contributed by atoms with E-state index in [1.54, 1.807) is 12.1 Å². The van der Waals surface area contributed by atoms with Crippen LogP contribution in [0, 0.1) is 5.39 Å². The fourth-order valence-corrected chi connectivity index (χ4v) is 1.52. The van der Waals surface area contributed by atoms with Gasteiger partial charge >= 0.3 is 11.8 Å². The highest BCUT2D eigenvalue weighted by atomic mass is 16.6. The van der Waals surface area contributed by atoms with E-state index in [9.17, 15) is 4.79 Å². The first-order valence-electron chi connectivity index (χ1n) is 4.65. The van der Waals surface area contributed by atoms with E-state index >= 15 is 0 Å². The van der Waals surface area contributed by atoms with Crippen LogP contribution in [0.15, 0.2) is 24.3 Å². The molecule has 1 atom stereocenters. The van der Waals surface area contributed by atoms with Crippen LogP contribution in [0.4, 0.5) is 10.5 Å². The molecule has 0 saturated carbocycles. The lowest BCUT2D eigenvalue weighted by Gasteiger charge is -2.05. The number of hydrogen-bond donors (Lipinski definition) is 1. The van der Waals surface area contributed by atoms with Crippen LogP contribution in [0.3, 0.4) is 0 Å². The molecule has 1 saturated heterocycles. The van der Waals surface area contributed by atoms with Crippen molar-refractivity contribution >= 4 is 11.8 Å². The number of cyclic esters (lactones) is 1. The molecule has 1 N–H and O–H groups in total. The van der Waals surface area contributed by atoms with Gasteiger partial charge in [0.2, 0.25) is 5.39 Å². The van der Waals surface area contributed by atoms with Gasteiger partial charge in [-0.25, -0.2) is 4.79 Å². The van der Waals surface area contributed by atoms with Gasteiger partial charge in [-0.2, -0.15) is 0 Å². The van der Waals surface area contributed by atoms with E-state index in [2.05, 4.69) is 10.3 Å². The number of nitrogens with zero attached hydrogens (tertiary/aromatic N) is 2. The largest absolute Gasteiger partial charge is 0.447 e. The minimum atomic E-state index is -0.359. The van der Waals surface area contributed by atoms with Crippen LogP contribution in [0.25, 0.3) is 4.98 Å². The Morgan fingerprint density at radius 3 is 2.73 bits per heavy atom. The first-order chi connectivity index (χ1) is 7.28. The Kier molecular flexibility index (Phi) is 2.50. The lowest BCUT2D eigenvalue weighted by atomic mass is 10.1. The summed E-state index contributed by atoms with van der Waals surface area (Å²) in [5.41, 5.74) is 1.59. The van der Waals surface area contributed by atoms with Crippen LogP contribution in [0.1, 0.15) is 5.56 Å². The number of rotatable bonds is 2. The lowest BCUT2D eigenvalue weighted by molar-refractivity contribution is 0.177. The molecule has 2 rings (SSSR count). The highest BCUT2D eigenvalue weighted by Crippen LogP contribution is 2.14. The van der Waals surface area contributed by atoms with Crippen molar-refractivity contribution in [2.75, 3.05) is 6.61 Å². The van der Waals surface area contributed by atoms with Gasteiger partial charge in [0.25, 0.3) is 0 Å². The molecule has 76 valence electrons. The van der Waals surface area contributed by atoms with Gasteiger partial charge < -0.3 is 10.1 Å². The van der Waals surface area contributed by atoms with Gasteiger partial charge in [0.1, 0.15) is 6.61 Å². The van der Waals surface area contributed by atoms with Crippen LogP contribution in [0.2, 0.25) is 0 Å². The molecule has 1 unspecified atom stereocenters. The molecule has 15 heavy (non-hydrogen) atoms. The number of hydrogen-bond acceptors (Lipinski definition) is 3. The molecule has 0 spiro atoms. The summed E-state index contributed by atoms with van der Waals surface area (Å²) in [4.78, 5) is 13.8. The minimum Gasteiger partial charge on any atom is -0.447 e. The Balaban J connectivity index is 1.99. The molecule has 1 amide bonds. The van der Waals surface area contributed by atoms with Crippen molar-refractivity contribution in [3.63, 3.8) is 0 Å². The van der Waals surface area contributed by atoms with Crippen LogP contribution in [-0.4, -0.2) is 18.7 Å². The van der Waals surface area contributed by atoms with Gasteiger partial charge in [-0.05, 0) is 12.0 Å². The van der Waals surface area contributed by atoms with Crippen molar-refractivity contribution in [2.45, 2.75) is 12.5 Å². The lowest BCUT2D eigenvalue weighted by Crippen LogP contribution is -2.28. The summed E-state index contributed by atoms with van der Waals surface area (Å²) in [5, 5.41) is 11.2. The summed E-state index contributed by atoms with van der Waals surface area (Å²) in [7, 11) is 0. The molecule has 1 aromatic rings. The third kappa shape index (κ3) is 2.23. The zero-order valence-electron chi connectivity index (χ0n) is 8.01. The quantitative estimate of drug-likeness (QED) is 0.747. The van der Waals surface area contributed by atoms with E-state index in [1.165, 1.54) is 0 Å². The minimum absolute atomic E-state index is 0.0365. The Labute approximate surface area is 86.7 Å². The standard InChI is InChI=1S/C10H9N3O2/c11-13-8-3-1-7(2-4-8)5-9-6-15-10(14)12-9/h1-4,9H,5-6H2/p+1. The number of nitrogens with one attached hydrogen (secondary N) is 1. The third-order valence-electron chi connectivity index (χ3n) is 2.27. The number of diazo groups is 1. The Hall–Kier alpha value is -2.09. The van der Waals surface area contributed by atoms with E-state index in [0.717, 1.165) is 12.0 Å². The summed E-state index contributed by atoms with van der Waals surface area (Å²) in [6.45, 7) is 0.408. The molecule has 0 aromatic heterocycles. The first-order valence-corrected chi connectivity index (χ1v) is 4.65. The first kappa shape index (κ1) is 9.46. The number of carbonyl (C=O) groups excluding carboxylic acids is 1. The highest BCUT2D eigenvalue weighted by molar-refractivity contribution is 5.69. The molecule has 5 heteroatoms. The summed E-state index contributed by atoms with van der Waals surface area (Å²) in [6.07, 6.45) is 0.360. The zero-order valence-corrected chi connectivity index (χ0v) is 8.01. The van der Waals surface area contributed by atoms with Gasteiger partial charge in [0, 0.05) is 12.1 Å². The molecule has 1 aliphatic heterocycles. The normalized spacial score (nSPS) is 19.1. The Bertz CT molecular complexity index is 408. The van der Waals surface area contributed by atoms with E-state index in [1.807, 2.05) is 12.1 Å². The second-order valence-corrected chi connectivity index (χ2v) is 3.41. The fraction of sp³-hybridized carbons (Fsp3) is 0.300. The Morgan fingerprint density at radius 1 is 1.47 bits per heavy atom. The summed E-state index contributed by atoms with van der Waals surface area (Å²) < 4.78 is 4.77. The smallest absolute Gasteiger partial charge is 0.407 e. The maximum Gasteiger partial charge on any atom is 0.407 e. The van der Waals surface area contributed by atoms with Crippen molar-refractivity contribution in [1.82, 2.24) is 5.32 Å². The average molecular weight is 204 g/mol. The maximum absolute atomic E-state index is 10.8. The molecule has 1 aromatic carbocycles. The van der Waals surface area contributed by atoms with E-state index < -0.39 is 0 Å². The fourth-order valence-electron chi connectivity index (χ4n) is 1.52. The highest BCUT2D eigenvalue weighted by Gasteiger charge is 2.22. The average Bonchev–Trinajstić information content (AvgIpc) is 2.65. The van der Waals surface area contributed by atoms with Gasteiger partial charge in [-0.15, -0.1) is 0 Å². The molecule has 0 bridgehead atoms. The predicted molar refractivity (Wildman–Crippen MR) is 53.2 cm³/mol. The van der Waals surface area contributed by atoms with Crippen molar-refractivity contribution in [1.29, 1.82) is 5.39 Å². The number of amides is 1.